The van der Waals surface area contributed by atoms with Crippen molar-refractivity contribution in [3.8, 4) is 0 Å². The zero-order valence-electron chi connectivity index (χ0n) is 9.86. The second kappa shape index (κ2) is 6.27. The van der Waals surface area contributed by atoms with Crippen LogP contribution in [0.15, 0.2) is 0 Å². The molecule has 0 saturated carbocycles. The highest BCUT2D eigenvalue weighted by Gasteiger charge is 2.21. The van der Waals surface area contributed by atoms with Gasteiger partial charge in [-0.2, -0.15) is 0 Å². The number of nitrogens with zero attached hydrogens (tertiary/aromatic N) is 2. The summed E-state index contributed by atoms with van der Waals surface area (Å²) in [5, 5.41) is 8.56. The third kappa shape index (κ3) is 4.18. The minimum absolute atomic E-state index is 0.175. The van der Waals surface area contributed by atoms with E-state index < -0.39 is 5.97 Å². The maximum Gasteiger partial charge on any atom is 0.323 e. The summed E-state index contributed by atoms with van der Waals surface area (Å²) in [5.41, 5.74) is 0. The first-order valence-corrected chi connectivity index (χ1v) is 5.13. The molecule has 0 aromatic rings. The topological polar surface area (TPSA) is 60.9 Å². The Balaban J connectivity index is 4.35. The standard InChI is InChI=1S/C10H20N2O3/c1-5-8(6-2)12(4)10(15)11(3)7-9(13)14/h8H,5-7H2,1-4H3,(H,13,14). The predicted octanol–water partition coefficient (Wildman–Crippen LogP) is 1.24. The second-order valence-corrected chi connectivity index (χ2v) is 3.61. The van der Waals surface area contributed by atoms with Crippen molar-refractivity contribution < 1.29 is 14.7 Å². The quantitative estimate of drug-likeness (QED) is 0.752. The number of aliphatic carboxylic acids is 1. The van der Waals surface area contributed by atoms with Gasteiger partial charge in [-0.3, -0.25) is 4.79 Å². The Kier molecular flexibility index (Phi) is 5.74. The average Bonchev–Trinajstić information content (AvgIpc) is 2.17. The minimum atomic E-state index is -0.996. The van der Waals surface area contributed by atoms with Crippen molar-refractivity contribution in [2.45, 2.75) is 32.7 Å². The van der Waals surface area contributed by atoms with E-state index in [4.69, 9.17) is 5.11 Å². The van der Waals surface area contributed by atoms with Crippen molar-refractivity contribution in [3.63, 3.8) is 0 Å². The lowest BCUT2D eigenvalue weighted by Gasteiger charge is -2.30. The summed E-state index contributed by atoms with van der Waals surface area (Å²) in [6.07, 6.45) is 1.75. The third-order valence-corrected chi connectivity index (χ3v) is 2.49. The Morgan fingerprint density at radius 3 is 2.00 bits per heavy atom. The van der Waals surface area contributed by atoms with Crippen molar-refractivity contribution in [2.24, 2.45) is 0 Å². The number of hydrogen-bond acceptors (Lipinski definition) is 2. The first-order valence-electron chi connectivity index (χ1n) is 5.13. The van der Waals surface area contributed by atoms with Crippen molar-refractivity contribution >= 4 is 12.0 Å². The Bertz CT molecular complexity index is 227. The molecule has 0 atom stereocenters. The van der Waals surface area contributed by atoms with E-state index in [1.165, 1.54) is 11.9 Å². The Labute approximate surface area is 90.7 Å². The normalized spacial score (nSPS) is 10.2. The predicted molar refractivity (Wildman–Crippen MR) is 57.8 cm³/mol. The minimum Gasteiger partial charge on any atom is -0.480 e. The van der Waals surface area contributed by atoms with Gasteiger partial charge in [0.05, 0.1) is 0 Å². The number of carboxylic acids is 1. The van der Waals surface area contributed by atoms with Crippen LogP contribution in [0.2, 0.25) is 0 Å². The molecule has 0 fully saturated rings. The van der Waals surface area contributed by atoms with Crippen LogP contribution in [0.5, 0.6) is 0 Å². The van der Waals surface area contributed by atoms with Gasteiger partial charge in [-0.15, -0.1) is 0 Å². The number of carbonyl (C=O) groups excluding carboxylic acids is 1. The first-order chi connectivity index (χ1) is 6.93. The highest BCUT2D eigenvalue weighted by atomic mass is 16.4. The number of urea groups is 1. The molecule has 0 aromatic heterocycles. The highest BCUT2D eigenvalue weighted by Crippen LogP contribution is 2.08. The van der Waals surface area contributed by atoms with Gasteiger partial charge in [0, 0.05) is 20.1 Å². The molecule has 0 rings (SSSR count). The molecule has 0 aliphatic heterocycles. The Hall–Kier alpha value is -1.26. The largest absolute Gasteiger partial charge is 0.480 e. The summed E-state index contributed by atoms with van der Waals surface area (Å²) >= 11 is 0. The van der Waals surface area contributed by atoms with Crippen molar-refractivity contribution in [1.82, 2.24) is 9.80 Å². The first kappa shape index (κ1) is 13.7. The highest BCUT2D eigenvalue weighted by molar-refractivity contribution is 5.79. The van der Waals surface area contributed by atoms with Gasteiger partial charge in [0.15, 0.2) is 0 Å². The molecule has 0 heterocycles. The van der Waals surface area contributed by atoms with Crippen LogP contribution < -0.4 is 0 Å². The Morgan fingerprint density at radius 1 is 1.20 bits per heavy atom. The van der Waals surface area contributed by atoms with E-state index >= 15 is 0 Å². The lowest BCUT2D eigenvalue weighted by atomic mass is 10.1. The van der Waals surface area contributed by atoms with Gasteiger partial charge < -0.3 is 14.9 Å². The summed E-state index contributed by atoms with van der Waals surface area (Å²) in [5.74, 6) is -0.996. The molecule has 0 saturated heterocycles. The van der Waals surface area contributed by atoms with Gasteiger partial charge >= 0.3 is 12.0 Å². The van der Waals surface area contributed by atoms with Crippen molar-refractivity contribution in [2.75, 3.05) is 20.6 Å². The van der Waals surface area contributed by atoms with Crippen LogP contribution in [0.1, 0.15) is 26.7 Å². The number of amides is 2. The third-order valence-electron chi connectivity index (χ3n) is 2.49. The number of rotatable bonds is 5. The number of carboxylic acid groups (broad SMARTS) is 1. The summed E-state index contributed by atoms with van der Waals surface area (Å²) in [4.78, 5) is 25.0. The SMILES string of the molecule is CCC(CC)N(C)C(=O)N(C)CC(=O)O. The molecule has 2 amide bonds. The molecule has 1 N–H and O–H groups in total. The number of carbonyl (C=O) groups is 2. The molecule has 0 radical (unpaired) electrons. The van der Waals surface area contributed by atoms with Gasteiger partial charge in [0.2, 0.25) is 0 Å². The number of hydrogen-bond donors (Lipinski definition) is 1. The molecule has 15 heavy (non-hydrogen) atoms. The van der Waals surface area contributed by atoms with Crippen molar-refractivity contribution in [1.29, 1.82) is 0 Å². The van der Waals surface area contributed by atoms with Crippen LogP contribution in [0.25, 0.3) is 0 Å². The fourth-order valence-corrected chi connectivity index (χ4v) is 1.53. The second-order valence-electron chi connectivity index (χ2n) is 3.61. The molecular weight excluding hydrogens is 196 g/mol. The van der Waals surface area contributed by atoms with Crippen LogP contribution in [0.3, 0.4) is 0 Å². The van der Waals surface area contributed by atoms with Crippen LogP contribution in [-0.4, -0.2) is 53.6 Å². The maximum absolute atomic E-state index is 11.7. The van der Waals surface area contributed by atoms with E-state index in [9.17, 15) is 9.59 Å². The van der Waals surface area contributed by atoms with Crippen LogP contribution in [0, 0.1) is 0 Å². The van der Waals surface area contributed by atoms with Gasteiger partial charge in [-0.1, -0.05) is 13.8 Å². The number of likely N-dealkylation sites (N-methyl/N-ethyl adjacent to an activating group) is 1. The van der Waals surface area contributed by atoms with E-state index in [0.29, 0.717) is 0 Å². The zero-order valence-corrected chi connectivity index (χ0v) is 9.86. The maximum atomic E-state index is 11.7. The average molecular weight is 216 g/mol. The van der Waals surface area contributed by atoms with E-state index in [1.54, 1.807) is 11.9 Å². The fourth-order valence-electron chi connectivity index (χ4n) is 1.53. The van der Waals surface area contributed by atoms with E-state index in [0.717, 1.165) is 12.8 Å². The van der Waals surface area contributed by atoms with Gasteiger partial charge in [0.1, 0.15) is 6.54 Å². The van der Waals surface area contributed by atoms with E-state index in [-0.39, 0.29) is 18.6 Å². The van der Waals surface area contributed by atoms with Gasteiger partial charge in [-0.25, -0.2) is 4.79 Å². The fraction of sp³-hybridized carbons (Fsp3) is 0.800. The van der Waals surface area contributed by atoms with Crippen LogP contribution >= 0.6 is 0 Å². The molecule has 0 aliphatic rings. The van der Waals surface area contributed by atoms with Gasteiger partial charge in [0.25, 0.3) is 0 Å². The molecule has 0 bridgehead atoms. The van der Waals surface area contributed by atoms with Gasteiger partial charge in [-0.05, 0) is 12.8 Å². The molecule has 5 heteroatoms. The molecule has 0 unspecified atom stereocenters. The summed E-state index contributed by atoms with van der Waals surface area (Å²) in [6, 6.07) is -0.0696. The van der Waals surface area contributed by atoms with E-state index in [2.05, 4.69) is 0 Å². The molecule has 0 spiro atoms. The summed E-state index contributed by atoms with van der Waals surface area (Å²) in [7, 11) is 3.20. The summed E-state index contributed by atoms with van der Waals surface area (Å²) < 4.78 is 0. The molecule has 0 aromatic carbocycles. The molecular formula is C10H20N2O3. The Morgan fingerprint density at radius 2 is 1.67 bits per heavy atom. The molecule has 0 aliphatic carbocycles. The lowest BCUT2D eigenvalue weighted by molar-refractivity contribution is -0.137. The molecule has 5 nitrogen and oxygen atoms in total. The smallest absolute Gasteiger partial charge is 0.323 e. The van der Waals surface area contributed by atoms with Crippen LogP contribution in [0.4, 0.5) is 4.79 Å². The van der Waals surface area contributed by atoms with Crippen molar-refractivity contribution in [3.05, 3.63) is 0 Å². The van der Waals surface area contributed by atoms with E-state index in [1.807, 2.05) is 13.8 Å². The lowest BCUT2D eigenvalue weighted by Crippen LogP contribution is -2.45. The molecule has 88 valence electrons. The monoisotopic (exact) mass is 216 g/mol. The van der Waals surface area contributed by atoms with Crippen LogP contribution in [-0.2, 0) is 4.79 Å². The summed E-state index contributed by atoms with van der Waals surface area (Å²) in [6.45, 7) is 3.76. The zero-order chi connectivity index (χ0) is 12.0.